The summed E-state index contributed by atoms with van der Waals surface area (Å²) in [6, 6.07) is 15.8. The van der Waals surface area contributed by atoms with Gasteiger partial charge in [0, 0.05) is 19.3 Å². The largest absolute Gasteiger partial charge is 0.325 e. The van der Waals surface area contributed by atoms with Crippen LogP contribution in [0.15, 0.2) is 59.5 Å². The average molecular weight is 416 g/mol. The Kier molecular flexibility index (Phi) is 7.41. The highest BCUT2D eigenvalue weighted by Crippen LogP contribution is 2.19. The Morgan fingerprint density at radius 3 is 2.21 bits per heavy atom. The van der Waals surface area contributed by atoms with E-state index in [1.165, 1.54) is 17.1 Å². The van der Waals surface area contributed by atoms with Gasteiger partial charge in [0.05, 0.1) is 11.4 Å². The number of likely N-dealkylation sites (tertiary alicyclic amines) is 1. The SMILES string of the molecule is CN(Cc1ccccc1)S(=O)(=O)c1ccc(NC(=O)CN2CCCCCC2)cc1. The van der Waals surface area contributed by atoms with Gasteiger partial charge in [-0.1, -0.05) is 43.2 Å². The highest BCUT2D eigenvalue weighted by molar-refractivity contribution is 7.89. The van der Waals surface area contributed by atoms with E-state index in [2.05, 4.69) is 10.2 Å². The van der Waals surface area contributed by atoms with Gasteiger partial charge in [0.2, 0.25) is 15.9 Å². The maximum Gasteiger partial charge on any atom is 0.243 e. The molecule has 0 radical (unpaired) electrons. The maximum atomic E-state index is 12.8. The second-order valence-electron chi connectivity index (χ2n) is 7.51. The van der Waals surface area contributed by atoms with E-state index in [-0.39, 0.29) is 10.8 Å². The van der Waals surface area contributed by atoms with Crippen molar-refractivity contribution >= 4 is 21.6 Å². The Labute approximate surface area is 173 Å². The number of hydrogen-bond donors (Lipinski definition) is 1. The first-order valence-corrected chi connectivity index (χ1v) is 11.5. The Morgan fingerprint density at radius 2 is 1.59 bits per heavy atom. The van der Waals surface area contributed by atoms with E-state index in [9.17, 15) is 13.2 Å². The molecule has 1 saturated heterocycles. The second kappa shape index (κ2) is 10.0. The van der Waals surface area contributed by atoms with Gasteiger partial charge in [0.1, 0.15) is 0 Å². The minimum Gasteiger partial charge on any atom is -0.325 e. The van der Waals surface area contributed by atoms with Crippen molar-refractivity contribution in [2.24, 2.45) is 0 Å². The normalized spacial score (nSPS) is 15.8. The molecule has 1 aliphatic rings. The van der Waals surface area contributed by atoms with Gasteiger partial charge in [-0.25, -0.2) is 8.42 Å². The lowest BCUT2D eigenvalue weighted by atomic mass is 10.2. The minimum absolute atomic E-state index is 0.0660. The summed E-state index contributed by atoms with van der Waals surface area (Å²) in [7, 11) is -2.03. The number of amides is 1. The third-order valence-electron chi connectivity index (χ3n) is 5.16. The van der Waals surface area contributed by atoms with Crippen LogP contribution in [0.25, 0.3) is 0 Å². The van der Waals surface area contributed by atoms with E-state index in [4.69, 9.17) is 0 Å². The fourth-order valence-electron chi connectivity index (χ4n) is 3.51. The van der Waals surface area contributed by atoms with Gasteiger partial charge in [-0.15, -0.1) is 0 Å². The number of benzene rings is 2. The van der Waals surface area contributed by atoms with Gasteiger partial charge in [-0.2, -0.15) is 4.31 Å². The zero-order valence-electron chi connectivity index (χ0n) is 16.9. The molecular formula is C22H29N3O3S. The Balaban J connectivity index is 1.59. The van der Waals surface area contributed by atoms with Crippen LogP contribution in [0.1, 0.15) is 31.2 Å². The second-order valence-corrected chi connectivity index (χ2v) is 9.55. The first kappa shape index (κ1) is 21.5. The smallest absolute Gasteiger partial charge is 0.243 e. The summed E-state index contributed by atoms with van der Waals surface area (Å²) < 4.78 is 26.9. The monoisotopic (exact) mass is 415 g/mol. The number of nitrogens with zero attached hydrogens (tertiary/aromatic N) is 2. The number of sulfonamides is 1. The molecule has 0 unspecified atom stereocenters. The first-order chi connectivity index (χ1) is 13.9. The van der Waals surface area contributed by atoms with Gasteiger partial charge >= 0.3 is 0 Å². The fourth-order valence-corrected chi connectivity index (χ4v) is 4.67. The number of rotatable bonds is 7. The molecule has 6 nitrogen and oxygen atoms in total. The molecule has 29 heavy (non-hydrogen) atoms. The molecule has 2 aromatic carbocycles. The van der Waals surface area contributed by atoms with Crippen molar-refractivity contribution < 1.29 is 13.2 Å². The predicted molar refractivity (Wildman–Crippen MR) is 115 cm³/mol. The molecular weight excluding hydrogens is 386 g/mol. The summed E-state index contributed by atoms with van der Waals surface area (Å²) >= 11 is 0. The molecule has 0 atom stereocenters. The van der Waals surface area contributed by atoms with Crippen molar-refractivity contribution in [3.05, 3.63) is 60.2 Å². The van der Waals surface area contributed by atoms with Crippen molar-refractivity contribution in [2.45, 2.75) is 37.1 Å². The van der Waals surface area contributed by atoms with E-state index in [0.717, 1.165) is 31.5 Å². The van der Waals surface area contributed by atoms with E-state index in [0.29, 0.717) is 18.8 Å². The van der Waals surface area contributed by atoms with Crippen LogP contribution in [0.2, 0.25) is 0 Å². The molecule has 156 valence electrons. The zero-order valence-corrected chi connectivity index (χ0v) is 17.7. The fraction of sp³-hybridized carbons (Fsp3) is 0.409. The third-order valence-corrected chi connectivity index (χ3v) is 6.98. The molecule has 1 fully saturated rings. The van der Waals surface area contributed by atoms with E-state index in [1.807, 2.05) is 30.3 Å². The van der Waals surface area contributed by atoms with Crippen LogP contribution in [0.5, 0.6) is 0 Å². The van der Waals surface area contributed by atoms with E-state index in [1.54, 1.807) is 31.3 Å². The molecule has 0 aromatic heterocycles. The van der Waals surface area contributed by atoms with Crippen LogP contribution in [0, 0.1) is 0 Å². The Hall–Kier alpha value is -2.22. The van der Waals surface area contributed by atoms with Crippen LogP contribution in [-0.4, -0.2) is 50.2 Å². The lowest BCUT2D eigenvalue weighted by Gasteiger charge is -2.19. The topological polar surface area (TPSA) is 69.7 Å². The number of carbonyl (C=O) groups is 1. The molecule has 2 aromatic rings. The van der Waals surface area contributed by atoms with Crippen LogP contribution >= 0.6 is 0 Å². The minimum atomic E-state index is -3.60. The van der Waals surface area contributed by atoms with Crippen LogP contribution in [-0.2, 0) is 21.4 Å². The number of carbonyl (C=O) groups excluding carboxylic acids is 1. The van der Waals surface area contributed by atoms with Crippen LogP contribution in [0.3, 0.4) is 0 Å². The lowest BCUT2D eigenvalue weighted by Crippen LogP contribution is -2.33. The molecule has 1 amide bonds. The summed E-state index contributed by atoms with van der Waals surface area (Å²) in [5.74, 6) is -0.0660. The summed E-state index contributed by atoms with van der Waals surface area (Å²) in [5, 5.41) is 2.87. The van der Waals surface area contributed by atoms with Gasteiger partial charge in [0.25, 0.3) is 0 Å². The van der Waals surface area contributed by atoms with Crippen molar-refractivity contribution in [2.75, 3.05) is 32.0 Å². The summed E-state index contributed by atoms with van der Waals surface area (Å²) in [4.78, 5) is 14.7. The first-order valence-electron chi connectivity index (χ1n) is 10.1. The molecule has 1 heterocycles. The predicted octanol–water partition coefficient (Wildman–Crippen LogP) is 3.32. The van der Waals surface area contributed by atoms with Crippen molar-refractivity contribution in [1.82, 2.24) is 9.21 Å². The highest BCUT2D eigenvalue weighted by atomic mass is 32.2. The molecule has 0 spiro atoms. The van der Waals surface area contributed by atoms with Crippen molar-refractivity contribution in [3.8, 4) is 0 Å². The van der Waals surface area contributed by atoms with E-state index >= 15 is 0 Å². The summed E-state index contributed by atoms with van der Waals surface area (Å²) in [6.07, 6.45) is 4.73. The molecule has 1 aliphatic heterocycles. The van der Waals surface area contributed by atoms with E-state index < -0.39 is 10.0 Å². The Bertz CT molecular complexity index is 891. The number of hydrogen-bond acceptors (Lipinski definition) is 4. The average Bonchev–Trinajstić information content (AvgIpc) is 2.97. The molecule has 0 saturated carbocycles. The zero-order chi connectivity index (χ0) is 20.7. The van der Waals surface area contributed by atoms with Gasteiger partial charge < -0.3 is 5.32 Å². The van der Waals surface area contributed by atoms with Crippen LogP contribution in [0.4, 0.5) is 5.69 Å². The van der Waals surface area contributed by atoms with Gasteiger partial charge in [-0.3, -0.25) is 9.69 Å². The number of anilines is 1. The summed E-state index contributed by atoms with van der Waals surface area (Å²) in [5.41, 5.74) is 1.53. The quantitative estimate of drug-likeness (QED) is 0.753. The van der Waals surface area contributed by atoms with Crippen LogP contribution < -0.4 is 5.32 Å². The Morgan fingerprint density at radius 1 is 0.966 bits per heavy atom. The molecule has 0 aliphatic carbocycles. The summed E-state index contributed by atoms with van der Waals surface area (Å²) in [6.45, 7) is 2.59. The maximum absolute atomic E-state index is 12.8. The van der Waals surface area contributed by atoms with Crippen molar-refractivity contribution in [3.63, 3.8) is 0 Å². The third kappa shape index (κ3) is 6.13. The van der Waals surface area contributed by atoms with Gasteiger partial charge in [-0.05, 0) is 55.8 Å². The highest BCUT2D eigenvalue weighted by Gasteiger charge is 2.21. The molecule has 0 bridgehead atoms. The lowest BCUT2D eigenvalue weighted by molar-refractivity contribution is -0.117. The number of nitrogens with one attached hydrogen (secondary N) is 1. The standard InChI is InChI=1S/C22H29N3O3S/c1-24(17-19-9-5-4-6-10-19)29(27,28)21-13-11-20(12-14-21)23-22(26)18-25-15-7-2-3-8-16-25/h4-6,9-14H,2-3,7-8,15-18H2,1H3,(H,23,26). The molecule has 7 heteroatoms. The molecule has 1 N–H and O–H groups in total. The van der Waals surface area contributed by atoms with Crippen molar-refractivity contribution in [1.29, 1.82) is 0 Å². The van der Waals surface area contributed by atoms with Gasteiger partial charge in [0.15, 0.2) is 0 Å². The molecule has 3 rings (SSSR count).